The zero-order valence-corrected chi connectivity index (χ0v) is 17.2. The summed E-state index contributed by atoms with van der Waals surface area (Å²) in [5.41, 5.74) is 9.05. The minimum absolute atomic E-state index is 0.0831. The van der Waals surface area contributed by atoms with E-state index in [1.54, 1.807) is 6.07 Å². The Balaban J connectivity index is 1.40. The molecule has 1 saturated heterocycles. The highest BCUT2D eigenvalue weighted by Crippen LogP contribution is 2.29. The quantitative estimate of drug-likeness (QED) is 0.359. The van der Waals surface area contributed by atoms with Crippen LogP contribution in [0.15, 0.2) is 41.2 Å². The SMILES string of the molecule is Nc1c(-c2nc3ccc(CNCCN4CCCC4)cc3[nH]2)c(=O)[nH]c2cccc(F)c12. The van der Waals surface area contributed by atoms with Crippen LogP contribution in [0.5, 0.6) is 0 Å². The monoisotopic (exact) mass is 420 g/mol. The summed E-state index contributed by atoms with van der Waals surface area (Å²) in [4.78, 5) is 25.6. The van der Waals surface area contributed by atoms with Crippen LogP contribution in [0, 0.1) is 5.82 Å². The molecule has 5 rings (SSSR count). The average molecular weight is 420 g/mol. The maximum absolute atomic E-state index is 14.3. The Bertz CT molecular complexity index is 1300. The summed E-state index contributed by atoms with van der Waals surface area (Å²) in [6.07, 6.45) is 2.60. The molecule has 0 unspecified atom stereocenters. The second-order valence-corrected chi connectivity index (χ2v) is 8.07. The van der Waals surface area contributed by atoms with Crippen LogP contribution >= 0.6 is 0 Å². The zero-order chi connectivity index (χ0) is 21.4. The lowest BCUT2D eigenvalue weighted by molar-refractivity contribution is 0.335. The lowest BCUT2D eigenvalue weighted by Crippen LogP contribution is -2.29. The number of hydrogen-bond acceptors (Lipinski definition) is 5. The van der Waals surface area contributed by atoms with Crippen LogP contribution in [0.25, 0.3) is 33.3 Å². The Labute approximate surface area is 178 Å². The lowest BCUT2D eigenvalue weighted by atomic mass is 10.1. The number of H-pyrrole nitrogens is 2. The van der Waals surface area contributed by atoms with Gasteiger partial charge in [-0.25, -0.2) is 9.37 Å². The predicted octanol–water partition coefficient (Wildman–Crippen LogP) is 2.98. The zero-order valence-electron chi connectivity index (χ0n) is 17.2. The van der Waals surface area contributed by atoms with Crippen LogP contribution in [0.3, 0.4) is 0 Å². The molecule has 1 aliphatic heterocycles. The smallest absolute Gasteiger partial charge is 0.261 e. The molecule has 1 fully saturated rings. The van der Waals surface area contributed by atoms with Gasteiger partial charge in [-0.2, -0.15) is 0 Å². The Morgan fingerprint density at radius 3 is 2.81 bits per heavy atom. The topological polar surface area (TPSA) is 103 Å². The molecule has 3 heterocycles. The second-order valence-electron chi connectivity index (χ2n) is 8.07. The van der Waals surface area contributed by atoms with E-state index < -0.39 is 11.4 Å². The van der Waals surface area contributed by atoms with Gasteiger partial charge in [0.05, 0.1) is 27.6 Å². The van der Waals surface area contributed by atoms with Gasteiger partial charge >= 0.3 is 0 Å². The molecule has 4 aromatic rings. The van der Waals surface area contributed by atoms with Crippen molar-refractivity contribution in [1.29, 1.82) is 0 Å². The third kappa shape index (κ3) is 3.80. The molecule has 0 bridgehead atoms. The summed E-state index contributed by atoms with van der Waals surface area (Å²) in [6, 6.07) is 10.4. The van der Waals surface area contributed by atoms with Gasteiger partial charge in [0.25, 0.3) is 5.56 Å². The molecule has 160 valence electrons. The van der Waals surface area contributed by atoms with Crippen molar-refractivity contribution >= 4 is 27.6 Å². The van der Waals surface area contributed by atoms with Gasteiger partial charge in [-0.1, -0.05) is 12.1 Å². The number of nitrogens with one attached hydrogen (secondary N) is 3. The van der Waals surface area contributed by atoms with Gasteiger partial charge in [0.15, 0.2) is 0 Å². The van der Waals surface area contributed by atoms with Crippen LogP contribution in [0.1, 0.15) is 18.4 Å². The fourth-order valence-corrected chi connectivity index (χ4v) is 4.33. The van der Waals surface area contributed by atoms with Gasteiger partial charge < -0.3 is 25.9 Å². The van der Waals surface area contributed by atoms with Crippen molar-refractivity contribution in [2.45, 2.75) is 19.4 Å². The van der Waals surface area contributed by atoms with Crippen LogP contribution in [0.4, 0.5) is 10.1 Å². The van der Waals surface area contributed by atoms with E-state index in [4.69, 9.17) is 5.73 Å². The molecule has 8 heteroatoms. The molecule has 2 aromatic carbocycles. The lowest BCUT2D eigenvalue weighted by Gasteiger charge is -2.14. The number of halogens is 1. The van der Waals surface area contributed by atoms with Crippen molar-refractivity contribution in [2.75, 3.05) is 31.9 Å². The first-order valence-corrected chi connectivity index (χ1v) is 10.6. The van der Waals surface area contributed by atoms with Crippen LogP contribution < -0.4 is 16.6 Å². The number of anilines is 1. The van der Waals surface area contributed by atoms with Gasteiger partial charge in [0, 0.05) is 19.6 Å². The molecule has 1 aliphatic rings. The Morgan fingerprint density at radius 1 is 1.13 bits per heavy atom. The van der Waals surface area contributed by atoms with Gasteiger partial charge in [0.2, 0.25) is 0 Å². The van der Waals surface area contributed by atoms with E-state index in [-0.39, 0.29) is 16.6 Å². The molecular formula is C23H25FN6O. The minimum Gasteiger partial charge on any atom is -0.397 e. The van der Waals surface area contributed by atoms with Crippen molar-refractivity contribution in [3.05, 3.63) is 58.1 Å². The van der Waals surface area contributed by atoms with E-state index in [9.17, 15) is 9.18 Å². The van der Waals surface area contributed by atoms with Crippen molar-refractivity contribution in [1.82, 2.24) is 25.2 Å². The number of nitrogens with two attached hydrogens (primary N) is 1. The number of nitrogens with zero attached hydrogens (tertiary/aromatic N) is 2. The standard InChI is InChI=1S/C23H25FN6O/c24-15-4-3-5-17-19(15)21(25)20(23(31)29-17)22-27-16-7-6-14(12-18(16)28-22)13-26-8-11-30-9-1-2-10-30/h3-7,12,26H,1-2,8-11,13H2,(H,27,28)(H3,25,29,31). The summed E-state index contributed by atoms with van der Waals surface area (Å²) in [6.45, 7) is 5.16. The van der Waals surface area contributed by atoms with Crippen molar-refractivity contribution < 1.29 is 4.39 Å². The number of nitrogen functional groups attached to an aromatic ring is 1. The van der Waals surface area contributed by atoms with Crippen molar-refractivity contribution in [2.24, 2.45) is 0 Å². The number of rotatable bonds is 6. The summed E-state index contributed by atoms with van der Waals surface area (Å²) in [5.74, 6) is -0.149. The molecule has 0 spiro atoms. The number of fused-ring (bicyclic) bond motifs is 2. The predicted molar refractivity (Wildman–Crippen MR) is 121 cm³/mol. The number of benzene rings is 2. The van der Waals surface area contributed by atoms with Crippen molar-refractivity contribution in [3.63, 3.8) is 0 Å². The molecule has 31 heavy (non-hydrogen) atoms. The summed E-state index contributed by atoms with van der Waals surface area (Å²) < 4.78 is 14.3. The van der Waals surface area contributed by atoms with E-state index in [0.717, 1.165) is 36.2 Å². The van der Waals surface area contributed by atoms with Gasteiger partial charge in [0.1, 0.15) is 17.2 Å². The molecular weight excluding hydrogens is 395 g/mol. The normalized spacial score (nSPS) is 14.7. The van der Waals surface area contributed by atoms with Gasteiger partial charge in [-0.05, 0) is 55.8 Å². The minimum atomic E-state index is -0.481. The van der Waals surface area contributed by atoms with E-state index in [1.807, 2.05) is 18.2 Å². The highest BCUT2D eigenvalue weighted by Gasteiger charge is 2.18. The highest BCUT2D eigenvalue weighted by atomic mass is 19.1. The number of pyridine rings is 1. The third-order valence-corrected chi connectivity index (χ3v) is 5.94. The summed E-state index contributed by atoms with van der Waals surface area (Å²) in [7, 11) is 0. The first-order chi connectivity index (χ1) is 15.1. The number of aromatic amines is 2. The molecule has 0 amide bonds. The van der Waals surface area contributed by atoms with Crippen molar-refractivity contribution in [3.8, 4) is 11.4 Å². The molecule has 0 atom stereocenters. The third-order valence-electron chi connectivity index (χ3n) is 5.94. The fourth-order valence-electron chi connectivity index (χ4n) is 4.33. The number of aromatic nitrogens is 3. The molecule has 2 aromatic heterocycles. The maximum Gasteiger partial charge on any atom is 0.261 e. The van der Waals surface area contributed by atoms with E-state index in [2.05, 4.69) is 25.2 Å². The largest absolute Gasteiger partial charge is 0.397 e. The summed E-state index contributed by atoms with van der Waals surface area (Å²) >= 11 is 0. The first kappa shape index (κ1) is 19.7. The summed E-state index contributed by atoms with van der Waals surface area (Å²) in [5, 5.41) is 3.68. The molecule has 0 saturated carbocycles. The highest BCUT2D eigenvalue weighted by molar-refractivity contribution is 5.98. The maximum atomic E-state index is 14.3. The molecule has 5 N–H and O–H groups in total. The molecule has 0 radical (unpaired) electrons. The Hall–Kier alpha value is -3.23. The first-order valence-electron chi connectivity index (χ1n) is 10.6. The number of hydrogen-bond donors (Lipinski definition) is 4. The van der Waals surface area contributed by atoms with Gasteiger partial charge in [-0.15, -0.1) is 0 Å². The van der Waals surface area contributed by atoms with Crippen LogP contribution in [0.2, 0.25) is 0 Å². The fraction of sp³-hybridized carbons (Fsp3) is 0.304. The number of likely N-dealkylation sites (tertiary alicyclic amines) is 1. The van der Waals surface area contributed by atoms with Crippen LogP contribution in [-0.4, -0.2) is 46.0 Å². The average Bonchev–Trinajstić information content (AvgIpc) is 3.40. The molecule has 0 aliphatic carbocycles. The van der Waals surface area contributed by atoms with E-state index in [0.29, 0.717) is 11.3 Å². The molecule has 7 nitrogen and oxygen atoms in total. The van der Waals surface area contributed by atoms with Gasteiger partial charge in [-0.3, -0.25) is 4.79 Å². The second kappa shape index (κ2) is 8.13. The Morgan fingerprint density at radius 2 is 1.97 bits per heavy atom. The van der Waals surface area contributed by atoms with E-state index >= 15 is 0 Å². The van der Waals surface area contributed by atoms with E-state index in [1.165, 1.54) is 38.1 Å². The van der Waals surface area contributed by atoms with Crippen LogP contribution in [-0.2, 0) is 6.54 Å². The Kier molecular flexibility index (Phi) is 5.17. The number of imidazole rings is 1.